The summed E-state index contributed by atoms with van der Waals surface area (Å²) in [6, 6.07) is 4.21. The maximum Gasteiger partial charge on any atom is 0.326 e. The quantitative estimate of drug-likeness (QED) is 0.0539. The molecule has 0 saturated carbocycles. The van der Waals surface area contributed by atoms with E-state index < -0.39 is 60.2 Å². The number of rotatable bonds is 18. The van der Waals surface area contributed by atoms with Gasteiger partial charge in [-0.2, -0.15) is 11.8 Å². The number of benzene rings is 1. The van der Waals surface area contributed by atoms with Gasteiger partial charge in [0.2, 0.25) is 23.6 Å². The van der Waals surface area contributed by atoms with Crippen LogP contribution in [0, 0.1) is 0 Å². The van der Waals surface area contributed by atoms with Gasteiger partial charge in [-0.25, -0.2) is 4.79 Å². The summed E-state index contributed by atoms with van der Waals surface area (Å²) in [5.41, 5.74) is 22.8. The number of aliphatic imine (C=N–C) groups is 1. The first-order valence-electron chi connectivity index (χ1n) is 12.2. The zero-order valence-electron chi connectivity index (χ0n) is 21.8. The Morgan fingerprint density at radius 1 is 0.897 bits per heavy atom. The monoisotopic (exact) mass is 566 g/mol. The predicted molar refractivity (Wildman–Crippen MR) is 148 cm³/mol. The molecule has 12 N–H and O–H groups in total. The van der Waals surface area contributed by atoms with Crippen LogP contribution < -0.4 is 38.9 Å². The SMILES string of the molecule is CSCCC(NC(=O)C(CC(N)=O)NC(=O)C(CCCN=C(N)N)NC(=O)C(N)Cc1ccccc1)C(=O)O. The second-order valence-electron chi connectivity index (χ2n) is 8.72. The van der Waals surface area contributed by atoms with E-state index in [0.29, 0.717) is 5.75 Å². The Balaban J connectivity index is 3.02. The minimum atomic E-state index is -1.47. The van der Waals surface area contributed by atoms with E-state index in [1.54, 1.807) is 18.4 Å². The van der Waals surface area contributed by atoms with Crippen molar-refractivity contribution in [2.45, 2.75) is 56.3 Å². The molecule has 14 nitrogen and oxygen atoms in total. The summed E-state index contributed by atoms with van der Waals surface area (Å²) >= 11 is 1.39. The van der Waals surface area contributed by atoms with Gasteiger partial charge in [0.05, 0.1) is 12.5 Å². The molecule has 0 heterocycles. The molecule has 0 saturated heterocycles. The number of guanidine groups is 1. The fourth-order valence-corrected chi connectivity index (χ4v) is 3.93. The average molecular weight is 567 g/mol. The van der Waals surface area contributed by atoms with E-state index in [0.717, 1.165) is 5.56 Å². The molecular weight excluding hydrogens is 528 g/mol. The van der Waals surface area contributed by atoms with Crippen LogP contribution in [0.3, 0.4) is 0 Å². The van der Waals surface area contributed by atoms with Crippen LogP contribution in [0.5, 0.6) is 0 Å². The Labute approximate surface area is 231 Å². The van der Waals surface area contributed by atoms with Crippen molar-refractivity contribution in [3.05, 3.63) is 35.9 Å². The Hall–Kier alpha value is -3.85. The van der Waals surface area contributed by atoms with Crippen LogP contribution in [-0.2, 0) is 30.4 Å². The minimum Gasteiger partial charge on any atom is -0.480 e. The van der Waals surface area contributed by atoms with Gasteiger partial charge in [0.1, 0.15) is 18.1 Å². The number of nitrogens with two attached hydrogens (primary N) is 4. The first kappa shape index (κ1) is 33.2. The normalized spacial score (nSPS) is 13.7. The Kier molecular flexibility index (Phi) is 15.0. The molecule has 0 aliphatic carbocycles. The smallest absolute Gasteiger partial charge is 0.326 e. The van der Waals surface area contributed by atoms with Gasteiger partial charge in [0.15, 0.2) is 5.96 Å². The number of carboxylic acid groups (broad SMARTS) is 1. The molecule has 1 aromatic carbocycles. The van der Waals surface area contributed by atoms with Crippen LogP contribution in [0.1, 0.15) is 31.2 Å². The number of amides is 4. The number of aliphatic carboxylic acids is 1. The van der Waals surface area contributed by atoms with Gasteiger partial charge in [0, 0.05) is 6.54 Å². The van der Waals surface area contributed by atoms with Crippen LogP contribution in [0.25, 0.3) is 0 Å². The molecule has 0 fully saturated rings. The zero-order chi connectivity index (χ0) is 29.4. The molecule has 1 aromatic rings. The summed E-state index contributed by atoms with van der Waals surface area (Å²) in [5, 5.41) is 16.7. The lowest BCUT2D eigenvalue weighted by molar-refractivity contribution is -0.142. The zero-order valence-corrected chi connectivity index (χ0v) is 22.6. The largest absolute Gasteiger partial charge is 0.480 e. The highest BCUT2D eigenvalue weighted by Gasteiger charge is 2.31. The number of carbonyl (C=O) groups excluding carboxylic acids is 4. The summed E-state index contributed by atoms with van der Waals surface area (Å²) in [6.45, 7) is 0.166. The molecule has 0 aliphatic heterocycles. The molecule has 0 radical (unpaired) electrons. The van der Waals surface area contributed by atoms with Crippen molar-refractivity contribution in [2.24, 2.45) is 27.9 Å². The molecule has 4 atom stereocenters. The van der Waals surface area contributed by atoms with E-state index in [4.69, 9.17) is 22.9 Å². The first-order chi connectivity index (χ1) is 18.4. The third-order valence-corrected chi connectivity index (χ3v) is 6.12. The lowest BCUT2D eigenvalue weighted by Gasteiger charge is -2.24. The number of carboxylic acids is 1. The van der Waals surface area contributed by atoms with E-state index in [1.807, 2.05) is 18.2 Å². The number of primary amides is 1. The van der Waals surface area contributed by atoms with Gasteiger partial charge in [-0.1, -0.05) is 30.3 Å². The fourth-order valence-electron chi connectivity index (χ4n) is 3.46. The number of thioether (sulfide) groups is 1. The predicted octanol–water partition coefficient (Wildman–Crippen LogP) is -2.22. The average Bonchev–Trinajstić information content (AvgIpc) is 2.87. The Morgan fingerprint density at radius 3 is 2.05 bits per heavy atom. The van der Waals surface area contributed by atoms with Crippen molar-refractivity contribution in [2.75, 3.05) is 18.6 Å². The Morgan fingerprint density at radius 2 is 1.49 bits per heavy atom. The molecule has 0 bridgehead atoms. The van der Waals surface area contributed by atoms with Gasteiger partial charge in [-0.05, 0) is 43.3 Å². The van der Waals surface area contributed by atoms with Gasteiger partial charge in [-0.15, -0.1) is 0 Å². The van der Waals surface area contributed by atoms with Crippen LogP contribution in [0.2, 0.25) is 0 Å². The molecule has 4 unspecified atom stereocenters. The van der Waals surface area contributed by atoms with Crippen molar-refractivity contribution in [1.82, 2.24) is 16.0 Å². The maximum absolute atomic E-state index is 13.2. The second kappa shape index (κ2) is 17.6. The molecule has 0 aliphatic rings. The minimum absolute atomic E-state index is 0.0722. The second-order valence-corrected chi connectivity index (χ2v) is 9.70. The van der Waals surface area contributed by atoms with Crippen molar-refractivity contribution in [1.29, 1.82) is 0 Å². The molecule has 216 valence electrons. The third kappa shape index (κ3) is 13.5. The van der Waals surface area contributed by atoms with E-state index in [-0.39, 0.29) is 38.2 Å². The van der Waals surface area contributed by atoms with Crippen LogP contribution in [0.15, 0.2) is 35.3 Å². The number of hydrogen-bond donors (Lipinski definition) is 8. The maximum atomic E-state index is 13.2. The van der Waals surface area contributed by atoms with Gasteiger partial charge < -0.3 is 44.0 Å². The standard InChI is InChI=1S/C24H38N8O6S/c1-39-11-9-17(23(37)38)31-22(36)18(13-19(26)33)32-21(35)16(8-5-10-29-24(27)28)30-20(34)15(25)12-14-6-3-2-4-7-14/h2-4,6-7,15-18H,5,8-13,25H2,1H3,(H2,26,33)(H,30,34)(H,31,36)(H,32,35)(H,37,38)(H4,27,28,29). The molecule has 0 aromatic heterocycles. The number of carbonyl (C=O) groups is 5. The summed E-state index contributed by atoms with van der Waals surface area (Å²) in [6.07, 6.45) is 1.89. The lowest BCUT2D eigenvalue weighted by Crippen LogP contribution is -2.58. The summed E-state index contributed by atoms with van der Waals surface area (Å²) < 4.78 is 0. The Bertz CT molecular complexity index is 1010. The van der Waals surface area contributed by atoms with E-state index >= 15 is 0 Å². The lowest BCUT2D eigenvalue weighted by atomic mass is 10.0. The molecule has 39 heavy (non-hydrogen) atoms. The van der Waals surface area contributed by atoms with Crippen molar-refractivity contribution in [3.8, 4) is 0 Å². The highest BCUT2D eigenvalue weighted by atomic mass is 32.2. The number of nitrogens with zero attached hydrogens (tertiary/aromatic N) is 1. The van der Waals surface area contributed by atoms with E-state index in [2.05, 4.69) is 20.9 Å². The number of hydrogen-bond acceptors (Lipinski definition) is 8. The van der Waals surface area contributed by atoms with Crippen LogP contribution >= 0.6 is 11.8 Å². The van der Waals surface area contributed by atoms with Gasteiger partial charge in [-0.3, -0.25) is 24.2 Å². The van der Waals surface area contributed by atoms with Gasteiger partial charge >= 0.3 is 5.97 Å². The molecule has 0 spiro atoms. The topological polar surface area (TPSA) is 258 Å². The number of nitrogens with one attached hydrogen (secondary N) is 3. The van der Waals surface area contributed by atoms with Crippen molar-refractivity contribution >= 4 is 47.3 Å². The summed E-state index contributed by atoms with van der Waals surface area (Å²) in [5.74, 6) is -4.16. The molecule has 1 rings (SSSR count). The van der Waals surface area contributed by atoms with Crippen LogP contribution in [0.4, 0.5) is 0 Å². The first-order valence-corrected chi connectivity index (χ1v) is 13.6. The van der Waals surface area contributed by atoms with E-state index in [9.17, 15) is 29.1 Å². The summed E-state index contributed by atoms with van der Waals surface area (Å²) in [7, 11) is 0. The fraction of sp³-hybridized carbons (Fsp3) is 0.500. The van der Waals surface area contributed by atoms with Crippen LogP contribution in [-0.4, -0.2) is 83.4 Å². The van der Waals surface area contributed by atoms with E-state index in [1.165, 1.54) is 11.8 Å². The molecular formula is C24H38N8O6S. The van der Waals surface area contributed by atoms with Crippen molar-refractivity contribution in [3.63, 3.8) is 0 Å². The van der Waals surface area contributed by atoms with Crippen molar-refractivity contribution < 1.29 is 29.1 Å². The van der Waals surface area contributed by atoms with Gasteiger partial charge in [0.25, 0.3) is 0 Å². The molecule has 15 heteroatoms. The highest BCUT2D eigenvalue weighted by Crippen LogP contribution is 2.06. The molecule has 4 amide bonds. The summed E-state index contributed by atoms with van der Waals surface area (Å²) in [4.78, 5) is 65.8. The third-order valence-electron chi connectivity index (χ3n) is 5.48. The highest BCUT2D eigenvalue weighted by molar-refractivity contribution is 7.98.